The number of ether oxygens (including phenoxy) is 1. The summed E-state index contributed by atoms with van der Waals surface area (Å²) in [6.45, 7) is 4.10. The second kappa shape index (κ2) is 6.56. The Kier molecular flexibility index (Phi) is 5.25. The van der Waals surface area contributed by atoms with Gasteiger partial charge in [-0.3, -0.25) is 0 Å². The van der Waals surface area contributed by atoms with Crippen molar-refractivity contribution in [2.24, 2.45) is 5.73 Å². The van der Waals surface area contributed by atoms with Gasteiger partial charge >= 0.3 is 0 Å². The van der Waals surface area contributed by atoms with Crippen LogP contribution in [-0.2, 0) is 17.6 Å². The summed E-state index contributed by atoms with van der Waals surface area (Å²) in [5.41, 5.74) is 5.39. The molecular formula is C10H18N2O2. The molecule has 2 N–H and O–H groups in total. The molecule has 0 spiro atoms. The van der Waals surface area contributed by atoms with Gasteiger partial charge in [-0.2, -0.15) is 0 Å². The van der Waals surface area contributed by atoms with Crippen molar-refractivity contribution in [2.75, 3.05) is 19.8 Å². The summed E-state index contributed by atoms with van der Waals surface area (Å²) >= 11 is 0. The zero-order valence-corrected chi connectivity index (χ0v) is 8.66. The minimum absolute atomic E-state index is 0.677. The molecule has 0 fully saturated rings. The van der Waals surface area contributed by atoms with Crippen LogP contribution >= 0.6 is 0 Å². The van der Waals surface area contributed by atoms with Crippen LogP contribution in [0.1, 0.15) is 25.0 Å². The summed E-state index contributed by atoms with van der Waals surface area (Å²) in [4.78, 5) is 4.15. The Labute approximate surface area is 84.5 Å². The molecule has 0 radical (unpaired) electrons. The SMILES string of the molecule is CCOCCc1cnc(CCCN)o1. The van der Waals surface area contributed by atoms with Gasteiger partial charge in [0.25, 0.3) is 0 Å². The lowest BCUT2D eigenvalue weighted by atomic mass is 10.3. The van der Waals surface area contributed by atoms with Gasteiger partial charge in [0.05, 0.1) is 12.8 Å². The average Bonchev–Trinajstić information content (AvgIpc) is 2.63. The number of aromatic nitrogens is 1. The number of oxazole rings is 1. The molecule has 1 aromatic rings. The molecule has 0 atom stereocenters. The van der Waals surface area contributed by atoms with E-state index < -0.39 is 0 Å². The summed E-state index contributed by atoms with van der Waals surface area (Å²) in [6, 6.07) is 0. The van der Waals surface area contributed by atoms with Crippen LogP contribution in [0.25, 0.3) is 0 Å². The number of hydrogen-bond acceptors (Lipinski definition) is 4. The van der Waals surface area contributed by atoms with Gasteiger partial charge in [-0.1, -0.05) is 0 Å². The predicted octanol–water partition coefficient (Wildman–Crippen LogP) is 1.14. The molecule has 80 valence electrons. The Morgan fingerprint density at radius 2 is 2.36 bits per heavy atom. The third-order valence-corrected chi connectivity index (χ3v) is 1.89. The monoisotopic (exact) mass is 198 g/mol. The van der Waals surface area contributed by atoms with Crippen molar-refractivity contribution in [1.29, 1.82) is 0 Å². The Morgan fingerprint density at radius 1 is 1.50 bits per heavy atom. The van der Waals surface area contributed by atoms with Gasteiger partial charge in [0.1, 0.15) is 5.76 Å². The number of hydrogen-bond donors (Lipinski definition) is 1. The number of aryl methyl sites for hydroxylation is 1. The lowest BCUT2D eigenvalue weighted by molar-refractivity contribution is 0.146. The molecule has 14 heavy (non-hydrogen) atoms. The zero-order valence-electron chi connectivity index (χ0n) is 8.66. The van der Waals surface area contributed by atoms with E-state index in [1.54, 1.807) is 6.20 Å². The highest BCUT2D eigenvalue weighted by molar-refractivity contribution is 4.94. The summed E-state index contributed by atoms with van der Waals surface area (Å²) in [7, 11) is 0. The van der Waals surface area contributed by atoms with E-state index in [1.165, 1.54) is 0 Å². The third-order valence-electron chi connectivity index (χ3n) is 1.89. The van der Waals surface area contributed by atoms with Crippen LogP contribution < -0.4 is 5.73 Å². The lowest BCUT2D eigenvalue weighted by Gasteiger charge is -1.97. The first-order valence-corrected chi connectivity index (χ1v) is 5.08. The van der Waals surface area contributed by atoms with Crippen LogP contribution in [0.5, 0.6) is 0 Å². The van der Waals surface area contributed by atoms with E-state index in [1.807, 2.05) is 6.92 Å². The molecule has 0 aromatic carbocycles. The Hall–Kier alpha value is -0.870. The van der Waals surface area contributed by atoms with Crippen molar-refractivity contribution in [2.45, 2.75) is 26.2 Å². The molecule has 4 heteroatoms. The van der Waals surface area contributed by atoms with Gasteiger partial charge in [0.2, 0.25) is 0 Å². The highest BCUT2D eigenvalue weighted by Gasteiger charge is 2.02. The predicted molar refractivity (Wildman–Crippen MR) is 54.1 cm³/mol. The van der Waals surface area contributed by atoms with Crippen LogP contribution in [0.4, 0.5) is 0 Å². The molecule has 0 saturated carbocycles. The van der Waals surface area contributed by atoms with Crippen LogP contribution in [-0.4, -0.2) is 24.7 Å². The topological polar surface area (TPSA) is 61.3 Å². The van der Waals surface area contributed by atoms with Crippen molar-refractivity contribution in [3.8, 4) is 0 Å². The smallest absolute Gasteiger partial charge is 0.194 e. The standard InChI is InChI=1S/C10H18N2O2/c1-2-13-7-5-9-8-12-10(14-9)4-3-6-11/h8H,2-7,11H2,1H3. The van der Waals surface area contributed by atoms with Crippen molar-refractivity contribution in [1.82, 2.24) is 4.98 Å². The molecule has 0 aliphatic rings. The first-order chi connectivity index (χ1) is 6.86. The van der Waals surface area contributed by atoms with Crippen molar-refractivity contribution in [3.05, 3.63) is 17.8 Å². The van der Waals surface area contributed by atoms with E-state index in [0.717, 1.165) is 37.5 Å². The maximum absolute atomic E-state index is 5.49. The summed E-state index contributed by atoms with van der Waals surface area (Å²) in [6.07, 6.45) is 4.31. The molecule has 0 saturated heterocycles. The highest BCUT2D eigenvalue weighted by atomic mass is 16.5. The van der Waals surface area contributed by atoms with Gasteiger partial charge in [-0.25, -0.2) is 4.98 Å². The quantitative estimate of drug-likeness (QED) is 0.667. The second-order valence-electron chi connectivity index (χ2n) is 3.06. The highest BCUT2D eigenvalue weighted by Crippen LogP contribution is 2.06. The number of nitrogens with zero attached hydrogens (tertiary/aromatic N) is 1. The van der Waals surface area contributed by atoms with Crippen molar-refractivity contribution in [3.63, 3.8) is 0 Å². The van der Waals surface area contributed by atoms with Gasteiger partial charge < -0.3 is 14.9 Å². The largest absolute Gasteiger partial charge is 0.446 e. The second-order valence-corrected chi connectivity index (χ2v) is 3.06. The lowest BCUT2D eigenvalue weighted by Crippen LogP contribution is -2.00. The van der Waals surface area contributed by atoms with Crippen molar-refractivity contribution >= 4 is 0 Å². The van der Waals surface area contributed by atoms with Gasteiger partial charge in [-0.05, 0) is 19.9 Å². The summed E-state index contributed by atoms with van der Waals surface area (Å²) in [5.74, 6) is 1.67. The average molecular weight is 198 g/mol. The van der Waals surface area contributed by atoms with E-state index in [4.69, 9.17) is 14.9 Å². The Bertz CT molecular complexity index is 248. The minimum atomic E-state index is 0.677. The molecule has 0 unspecified atom stereocenters. The van der Waals surface area contributed by atoms with E-state index in [2.05, 4.69) is 4.98 Å². The molecule has 0 amide bonds. The van der Waals surface area contributed by atoms with E-state index in [0.29, 0.717) is 13.2 Å². The van der Waals surface area contributed by atoms with E-state index in [-0.39, 0.29) is 0 Å². The molecular weight excluding hydrogens is 180 g/mol. The first-order valence-electron chi connectivity index (χ1n) is 5.08. The molecule has 1 rings (SSSR count). The maximum atomic E-state index is 5.49. The fraction of sp³-hybridized carbons (Fsp3) is 0.700. The van der Waals surface area contributed by atoms with Crippen LogP contribution in [0.3, 0.4) is 0 Å². The van der Waals surface area contributed by atoms with Crippen molar-refractivity contribution < 1.29 is 9.15 Å². The van der Waals surface area contributed by atoms with Crippen LogP contribution in [0.2, 0.25) is 0 Å². The summed E-state index contributed by atoms with van der Waals surface area (Å²) < 4.78 is 10.7. The molecule has 0 aliphatic heterocycles. The van der Waals surface area contributed by atoms with Crippen LogP contribution in [0, 0.1) is 0 Å². The number of nitrogens with two attached hydrogens (primary N) is 1. The van der Waals surface area contributed by atoms with Gasteiger partial charge in [0.15, 0.2) is 5.89 Å². The maximum Gasteiger partial charge on any atom is 0.194 e. The molecule has 0 aliphatic carbocycles. The van der Waals surface area contributed by atoms with Gasteiger partial charge in [0, 0.05) is 19.4 Å². The minimum Gasteiger partial charge on any atom is -0.446 e. The Morgan fingerprint density at radius 3 is 3.07 bits per heavy atom. The molecule has 0 bridgehead atoms. The normalized spacial score (nSPS) is 10.7. The summed E-state index contributed by atoms with van der Waals surface area (Å²) in [5, 5.41) is 0. The van der Waals surface area contributed by atoms with E-state index in [9.17, 15) is 0 Å². The van der Waals surface area contributed by atoms with Crippen LogP contribution in [0.15, 0.2) is 10.6 Å². The number of rotatable bonds is 7. The zero-order chi connectivity index (χ0) is 10.2. The third kappa shape index (κ3) is 3.89. The fourth-order valence-electron chi connectivity index (χ4n) is 1.15. The fourth-order valence-corrected chi connectivity index (χ4v) is 1.15. The molecule has 4 nitrogen and oxygen atoms in total. The van der Waals surface area contributed by atoms with Gasteiger partial charge in [-0.15, -0.1) is 0 Å². The van der Waals surface area contributed by atoms with E-state index >= 15 is 0 Å². The molecule has 1 heterocycles. The molecule has 1 aromatic heterocycles. The Balaban J connectivity index is 2.27. The first kappa shape index (κ1) is 11.2.